The molecule has 1 fully saturated rings. The topological polar surface area (TPSA) is 92.5 Å². The summed E-state index contributed by atoms with van der Waals surface area (Å²) in [6.45, 7) is 2.70. The first-order valence-electron chi connectivity index (χ1n) is 9.08. The van der Waals surface area contributed by atoms with E-state index in [0.717, 1.165) is 19.3 Å². The van der Waals surface area contributed by atoms with Gasteiger partial charge in [0.2, 0.25) is 15.9 Å². The molecule has 1 aliphatic rings. The zero-order valence-corrected chi connectivity index (χ0v) is 17.4. The number of anilines is 1. The van der Waals surface area contributed by atoms with E-state index in [1.165, 1.54) is 10.4 Å². The van der Waals surface area contributed by atoms with E-state index in [9.17, 15) is 13.2 Å². The molecule has 1 amide bonds. The van der Waals surface area contributed by atoms with Crippen molar-refractivity contribution in [3.63, 3.8) is 0 Å². The molecular weight excluding hydrogens is 398 g/mol. The van der Waals surface area contributed by atoms with E-state index in [1.54, 1.807) is 37.3 Å². The van der Waals surface area contributed by atoms with Crippen molar-refractivity contribution in [2.45, 2.75) is 36.6 Å². The summed E-state index contributed by atoms with van der Waals surface area (Å²) in [5.41, 5.74) is 6.09. The SMILES string of the molecule is CC(N)(C(=O)Nc1cccc(S(=O)(=O)N2CCCCC2)c1)c1ccccc1.Cl. The largest absolute Gasteiger partial charge is 0.324 e. The number of nitrogens with zero attached hydrogens (tertiary/aromatic N) is 1. The van der Waals surface area contributed by atoms with Crippen LogP contribution in [0.15, 0.2) is 59.5 Å². The van der Waals surface area contributed by atoms with Crippen LogP contribution in [0.1, 0.15) is 31.7 Å². The number of carbonyl (C=O) groups excluding carboxylic acids is 1. The van der Waals surface area contributed by atoms with Crippen molar-refractivity contribution < 1.29 is 13.2 Å². The quantitative estimate of drug-likeness (QED) is 0.772. The summed E-state index contributed by atoms with van der Waals surface area (Å²) in [6.07, 6.45) is 2.80. The summed E-state index contributed by atoms with van der Waals surface area (Å²) in [7, 11) is -3.56. The van der Waals surface area contributed by atoms with Crippen LogP contribution in [0.5, 0.6) is 0 Å². The van der Waals surface area contributed by atoms with Gasteiger partial charge in [0.15, 0.2) is 0 Å². The summed E-state index contributed by atoms with van der Waals surface area (Å²) >= 11 is 0. The maximum atomic E-state index is 12.8. The first kappa shape index (κ1) is 22.4. The van der Waals surface area contributed by atoms with E-state index in [0.29, 0.717) is 24.3 Å². The number of sulfonamides is 1. The fourth-order valence-corrected chi connectivity index (χ4v) is 4.73. The van der Waals surface area contributed by atoms with Crippen molar-refractivity contribution in [3.05, 3.63) is 60.2 Å². The van der Waals surface area contributed by atoms with Gasteiger partial charge in [-0.2, -0.15) is 4.31 Å². The summed E-state index contributed by atoms with van der Waals surface area (Å²) in [5, 5.41) is 2.75. The minimum Gasteiger partial charge on any atom is -0.324 e. The lowest BCUT2D eigenvalue weighted by atomic mass is 9.92. The molecule has 2 aromatic carbocycles. The summed E-state index contributed by atoms with van der Waals surface area (Å²) in [6, 6.07) is 15.4. The average molecular weight is 424 g/mol. The van der Waals surface area contributed by atoms with Crippen molar-refractivity contribution in [1.29, 1.82) is 0 Å². The van der Waals surface area contributed by atoms with Crippen LogP contribution in [0.4, 0.5) is 5.69 Å². The first-order valence-corrected chi connectivity index (χ1v) is 10.5. The van der Waals surface area contributed by atoms with Crippen molar-refractivity contribution >= 4 is 34.0 Å². The van der Waals surface area contributed by atoms with Crippen LogP contribution in [-0.2, 0) is 20.4 Å². The zero-order chi connectivity index (χ0) is 19.5. The lowest BCUT2D eigenvalue weighted by Crippen LogP contribution is -2.45. The number of halogens is 1. The summed E-state index contributed by atoms with van der Waals surface area (Å²) in [4.78, 5) is 12.9. The number of hydrogen-bond acceptors (Lipinski definition) is 4. The van der Waals surface area contributed by atoms with Gasteiger partial charge in [0, 0.05) is 18.8 Å². The Morgan fingerprint density at radius 1 is 1.04 bits per heavy atom. The van der Waals surface area contributed by atoms with Crippen LogP contribution in [0, 0.1) is 0 Å². The second-order valence-corrected chi connectivity index (χ2v) is 8.95. The Morgan fingerprint density at radius 2 is 1.68 bits per heavy atom. The molecule has 0 radical (unpaired) electrons. The Hall–Kier alpha value is -1.93. The second kappa shape index (κ2) is 9.05. The van der Waals surface area contributed by atoms with Gasteiger partial charge in [0.05, 0.1) is 4.90 Å². The van der Waals surface area contributed by atoms with Gasteiger partial charge >= 0.3 is 0 Å². The van der Waals surface area contributed by atoms with Gasteiger partial charge in [-0.05, 0) is 43.5 Å². The van der Waals surface area contributed by atoms with Gasteiger partial charge in [-0.1, -0.05) is 42.8 Å². The van der Waals surface area contributed by atoms with E-state index in [2.05, 4.69) is 5.32 Å². The molecule has 1 heterocycles. The van der Waals surface area contributed by atoms with Crippen molar-refractivity contribution in [1.82, 2.24) is 4.31 Å². The molecule has 1 aliphatic heterocycles. The molecule has 3 N–H and O–H groups in total. The molecule has 0 bridgehead atoms. The fraction of sp³-hybridized carbons (Fsp3) is 0.350. The molecular formula is C20H26ClN3O3S. The standard InChI is InChI=1S/C20H25N3O3S.ClH/c1-20(21,16-9-4-2-5-10-16)19(24)22-17-11-8-12-18(15-17)27(25,26)23-13-6-3-7-14-23;/h2,4-5,8-12,15H,3,6-7,13-14,21H2,1H3,(H,22,24);1H. The molecule has 8 heteroatoms. The number of nitrogens with two attached hydrogens (primary N) is 1. The molecule has 6 nitrogen and oxygen atoms in total. The Morgan fingerprint density at radius 3 is 2.32 bits per heavy atom. The highest BCUT2D eigenvalue weighted by Crippen LogP contribution is 2.24. The minimum absolute atomic E-state index is 0. The van der Waals surface area contributed by atoms with Crippen molar-refractivity contribution in [3.8, 4) is 0 Å². The van der Waals surface area contributed by atoms with Gasteiger partial charge in [-0.15, -0.1) is 12.4 Å². The highest BCUT2D eigenvalue weighted by atomic mass is 35.5. The Balaban J connectivity index is 0.00000280. The minimum atomic E-state index is -3.56. The number of rotatable bonds is 5. The van der Waals surface area contributed by atoms with Crippen molar-refractivity contribution in [2.75, 3.05) is 18.4 Å². The number of piperidine rings is 1. The van der Waals surface area contributed by atoms with Crippen LogP contribution in [-0.4, -0.2) is 31.7 Å². The molecule has 1 saturated heterocycles. The predicted molar refractivity (Wildman–Crippen MR) is 113 cm³/mol. The Labute approximate surface area is 172 Å². The summed E-state index contributed by atoms with van der Waals surface area (Å²) in [5.74, 6) is -0.402. The number of carbonyl (C=O) groups is 1. The Kier molecular flexibility index (Phi) is 7.22. The molecule has 152 valence electrons. The Bertz CT molecular complexity index is 911. The van der Waals surface area contributed by atoms with E-state index in [1.807, 2.05) is 18.2 Å². The molecule has 0 aliphatic carbocycles. The van der Waals surface area contributed by atoms with Gasteiger partial charge in [0.25, 0.3) is 0 Å². The molecule has 0 spiro atoms. The van der Waals surface area contributed by atoms with Gasteiger partial charge in [0.1, 0.15) is 5.54 Å². The van der Waals surface area contributed by atoms with Crippen LogP contribution in [0.25, 0.3) is 0 Å². The maximum absolute atomic E-state index is 12.8. The van der Waals surface area contributed by atoms with E-state index in [4.69, 9.17) is 5.73 Å². The van der Waals surface area contributed by atoms with E-state index >= 15 is 0 Å². The molecule has 0 aromatic heterocycles. The highest BCUT2D eigenvalue weighted by molar-refractivity contribution is 7.89. The van der Waals surface area contributed by atoms with Crippen LogP contribution < -0.4 is 11.1 Å². The predicted octanol–water partition coefficient (Wildman–Crippen LogP) is 3.10. The molecule has 2 aromatic rings. The van der Waals surface area contributed by atoms with Crippen LogP contribution >= 0.6 is 12.4 Å². The molecule has 1 unspecified atom stereocenters. The molecule has 28 heavy (non-hydrogen) atoms. The maximum Gasteiger partial charge on any atom is 0.248 e. The van der Waals surface area contributed by atoms with Crippen LogP contribution in [0.2, 0.25) is 0 Å². The first-order chi connectivity index (χ1) is 12.8. The molecule has 3 rings (SSSR count). The second-order valence-electron chi connectivity index (χ2n) is 7.02. The monoisotopic (exact) mass is 423 g/mol. The lowest BCUT2D eigenvalue weighted by molar-refractivity contribution is -0.120. The molecule has 0 saturated carbocycles. The average Bonchev–Trinajstić information content (AvgIpc) is 2.69. The third kappa shape index (κ3) is 4.72. The number of benzene rings is 2. The van der Waals surface area contributed by atoms with E-state index in [-0.39, 0.29) is 17.3 Å². The van der Waals surface area contributed by atoms with Crippen LogP contribution in [0.3, 0.4) is 0 Å². The smallest absolute Gasteiger partial charge is 0.248 e. The molecule has 1 atom stereocenters. The summed E-state index contributed by atoms with van der Waals surface area (Å²) < 4.78 is 27.2. The van der Waals surface area contributed by atoms with Crippen molar-refractivity contribution in [2.24, 2.45) is 5.73 Å². The number of amides is 1. The number of nitrogens with one attached hydrogen (secondary N) is 1. The lowest BCUT2D eigenvalue weighted by Gasteiger charge is -2.26. The van der Waals surface area contributed by atoms with Gasteiger partial charge in [-0.3, -0.25) is 4.79 Å². The highest BCUT2D eigenvalue weighted by Gasteiger charge is 2.31. The third-order valence-corrected chi connectivity index (χ3v) is 6.78. The van der Waals surface area contributed by atoms with Gasteiger partial charge in [-0.25, -0.2) is 8.42 Å². The number of hydrogen-bond donors (Lipinski definition) is 2. The fourth-order valence-electron chi connectivity index (χ4n) is 3.17. The zero-order valence-electron chi connectivity index (χ0n) is 15.8. The third-order valence-electron chi connectivity index (χ3n) is 4.89. The van der Waals surface area contributed by atoms with E-state index < -0.39 is 21.5 Å². The van der Waals surface area contributed by atoms with Gasteiger partial charge < -0.3 is 11.1 Å². The normalized spacial score (nSPS) is 17.2.